The monoisotopic (exact) mass is 226 g/mol. The second kappa shape index (κ2) is 5.09. The zero-order valence-corrected chi connectivity index (χ0v) is 8.38. The van der Waals surface area contributed by atoms with Crippen LogP contribution in [0.3, 0.4) is 0 Å². The Bertz CT molecular complexity index is 258. The number of unbranched alkanes of at least 4 members (excludes halogenated alkanes) is 1. The van der Waals surface area contributed by atoms with E-state index in [1.807, 2.05) is 12.1 Å². The topological polar surface area (TPSA) is 17.1 Å². The highest BCUT2D eigenvalue weighted by atomic mass is 79.9. The molecule has 12 heavy (non-hydrogen) atoms. The van der Waals surface area contributed by atoms with Crippen LogP contribution in [0.2, 0.25) is 0 Å². The molecule has 0 radical (unpaired) electrons. The highest BCUT2D eigenvalue weighted by molar-refractivity contribution is 9.10. The van der Waals surface area contributed by atoms with Gasteiger partial charge in [-0.05, 0) is 30.5 Å². The third-order valence-electron chi connectivity index (χ3n) is 1.68. The fraction of sp³-hybridized carbons (Fsp3) is 0.300. The number of hydrogen-bond donors (Lipinski definition) is 0. The second-order valence-corrected chi connectivity index (χ2v) is 3.60. The molecule has 0 aromatic heterocycles. The number of rotatable bonds is 4. The lowest BCUT2D eigenvalue weighted by Crippen LogP contribution is -1.85. The first-order valence-corrected chi connectivity index (χ1v) is 4.80. The smallest absolute Gasteiger partial charge is 0.120 e. The van der Waals surface area contributed by atoms with E-state index in [9.17, 15) is 4.79 Å². The molecule has 0 heterocycles. The first-order valence-electron chi connectivity index (χ1n) is 4.01. The van der Waals surface area contributed by atoms with Crippen molar-refractivity contribution in [2.75, 3.05) is 0 Å². The lowest BCUT2D eigenvalue weighted by molar-refractivity contribution is -0.107. The van der Waals surface area contributed by atoms with Gasteiger partial charge in [-0.3, -0.25) is 0 Å². The van der Waals surface area contributed by atoms with E-state index < -0.39 is 0 Å². The highest BCUT2D eigenvalue weighted by Crippen LogP contribution is 2.13. The third-order valence-corrected chi connectivity index (χ3v) is 2.17. The van der Waals surface area contributed by atoms with Gasteiger partial charge in [0.2, 0.25) is 0 Å². The average molecular weight is 227 g/mol. The Labute approximate surface area is 80.9 Å². The number of aryl methyl sites for hydroxylation is 1. The maximum Gasteiger partial charge on any atom is 0.120 e. The fourth-order valence-corrected chi connectivity index (χ4v) is 1.53. The molecule has 0 amide bonds. The Balaban J connectivity index is 2.46. The van der Waals surface area contributed by atoms with Crippen LogP contribution in [0, 0.1) is 0 Å². The number of hydrogen-bond acceptors (Lipinski definition) is 1. The molecule has 0 unspecified atom stereocenters. The Kier molecular flexibility index (Phi) is 4.01. The Hall–Kier alpha value is -0.630. The van der Waals surface area contributed by atoms with Crippen molar-refractivity contribution < 1.29 is 4.79 Å². The first-order chi connectivity index (χ1) is 5.83. The van der Waals surface area contributed by atoms with Crippen LogP contribution in [0.5, 0.6) is 0 Å². The third kappa shape index (κ3) is 3.18. The summed E-state index contributed by atoms with van der Waals surface area (Å²) in [7, 11) is 0. The van der Waals surface area contributed by atoms with Gasteiger partial charge in [-0.25, -0.2) is 0 Å². The van der Waals surface area contributed by atoms with Crippen LogP contribution in [0.1, 0.15) is 18.4 Å². The van der Waals surface area contributed by atoms with Gasteiger partial charge in [0.15, 0.2) is 0 Å². The van der Waals surface area contributed by atoms with E-state index in [2.05, 4.69) is 28.1 Å². The molecular weight excluding hydrogens is 216 g/mol. The molecular formula is C10H11BrO. The average Bonchev–Trinajstić information content (AvgIpc) is 2.05. The van der Waals surface area contributed by atoms with Gasteiger partial charge in [0.05, 0.1) is 0 Å². The molecule has 0 N–H and O–H groups in total. The number of carbonyl (C=O) groups excluding carboxylic acids is 1. The van der Waals surface area contributed by atoms with Crippen molar-refractivity contribution >= 4 is 22.2 Å². The molecule has 0 aliphatic carbocycles. The van der Waals surface area contributed by atoms with E-state index >= 15 is 0 Å². The van der Waals surface area contributed by atoms with Gasteiger partial charge in [-0.15, -0.1) is 0 Å². The molecule has 2 heteroatoms. The number of aldehydes is 1. The number of carbonyl (C=O) groups is 1. The molecule has 0 atom stereocenters. The molecule has 0 fully saturated rings. The Morgan fingerprint density at radius 1 is 1.42 bits per heavy atom. The second-order valence-electron chi connectivity index (χ2n) is 2.69. The summed E-state index contributed by atoms with van der Waals surface area (Å²) in [5.41, 5.74) is 1.28. The van der Waals surface area contributed by atoms with Crippen LogP contribution in [0.15, 0.2) is 28.7 Å². The summed E-state index contributed by atoms with van der Waals surface area (Å²) >= 11 is 3.40. The van der Waals surface area contributed by atoms with Gasteiger partial charge < -0.3 is 4.79 Å². The summed E-state index contributed by atoms with van der Waals surface area (Å²) in [4.78, 5) is 10.1. The Morgan fingerprint density at radius 3 is 2.92 bits per heavy atom. The quantitative estimate of drug-likeness (QED) is 0.570. The summed E-state index contributed by atoms with van der Waals surface area (Å²) < 4.78 is 1.10. The molecule has 1 rings (SSSR count). The maximum absolute atomic E-state index is 10.1. The molecule has 0 saturated heterocycles. The van der Waals surface area contributed by atoms with Gasteiger partial charge in [0.1, 0.15) is 6.29 Å². The van der Waals surface area contributed by atoms with Gasteiger partial charge in [0.25, 0.3) is 0 Å². The number of benzene rings is 1. The maximum atomic E-state index is 10.1. The normalized spacial score (nSPS) is 9.75. The predicted octanol–water partition coefficient (Wildman–Crippen LogP) is 2.97. The van der Waals surface area contributed by atoms with Crippen LogP contribution in [-0.2, 0) is 11.2 Å². The predicted molar refractivity (Wildman–Crippen MR) is 53.1 cm³/mol. The zero-order chi connectivity index (χ0) is 8.81. The minimum Gasteiger partial charge on any atom is -0.303 e. The first kappa shape index (κ1) is 9.46. The van der Waals surface area contributed by atoms with Crippen molar-refractivity contribution in [3.05, 3.63) is 34.3 Å². The fourth-order valence-electron chi connectivity index (χ4n) is 1.08. The molecule has 0 saturated carbocycles. The summed E-state index contributed by atoms with van der Waals surface area (Å²) in [5, 5.41) is 0. The van der Waals surface area contributed by atoms with Crippen LogP contribution >= 0.6 is 15.9 Å². The van der Waals surface area contributed by atoms with Crippen molar-refractivity contribution in [1.29, 1.82) is 0 Å². The lowest BCUT2D eigenvalue weighted by atomic mass is 10.1. The Morgan fingerprint density at radius 2 is 2.25 bits per heavy atom. The molecule has 0 aliphatic rings. The highest BCUT2D eigenvalue weighted by Gasteiger charge is 1.93. The van der Waals surface area contributed by atoms with E-state index in [1.54, 1.807) is 0 Å². The summed E-state index contributed by atoms with van der Waals surface area (Å²) in [6.07, 6.45) is 3.56. The van der Waals surface area contributed by atoms with Crippen LogP contribution in [-0.4, -0.2) is 6.29 Å². The van der Waals surface area contributed by atoms with Crippen LogP contribution in [0.25, 0.3) is 0 Å². The standard InChI is InChI=1S/C10H11BrO/c11-10-6-3-5-9(8-10)4-1-2-7-12/h3,5-8H,1-2,4H2. The molecule has 1 nitrogen and oxygen atoms in total. The van der Waals surface area contributed by atoms with Crippen molar-refractivity contribution in [3.63, 3.8) is 0 Å². The van der Waals surface area contributed by atoms with E-state index in [4.69, 9.17) is 0 Å². The molecule has 0 bridgehead atoms. The lowest BCUT2D eigenvalue weighted by Gasteiger charge is -1.98. The number of halogens is 1. The van der Waals surface area contributed by atoms with E-state index in [-0.39, 0.29) is 0 Å². The van der Waals surface area contributed by atoms with Crippen molar-refractivity contribution in [2.45, 2.75) is 19.3 Å². The van der Waals surface area contributed by atoms with Gasteiger partial charge in [0, 0.05) is 10.9 Å². The van der Waals surface area contributed by atoms with E-state index in [1.165, 1.54) is 5.56 Å². The molecule has 1 aromatic rings. The van der Waals surface area contributed by atoms with Crippen molar-refractivity contribution in [3.8, 4) is 0 Å². The summed E-state index contributed by atoms with van der Waals surface area (Å²) in [5.74, 6) is 0. The largest absolute Gasteiger partial charge is 0.303 e. The van der Waals surface area contributed by atoms with E-state index in [0.717, 1.165) is 23.6 Å². The zero-order valence-electron chi connectivity index (χ0n) is 6.79. The molecule has 64 valence electrons. The summed E-state index contributed by atoms with van der Waals surface area (Å²) in [6.45, 7) is 0. The molecule has 0 spiro atoms. The van der Waals surface area contributed by atoms with Crippen molar-refractivity contribution in [1.82, 2.24) is 0 Å². The van der Waals surface area contributed by atoms with E-state index in [0.29, 0.717) is 6.42 Å². The van der Waals surface area contributed by atoms with Gasteiger partial charge >= 0.3 is 0 Å². The van der Waals surface area contributed by atoms with Crippen LogP contribution in [0.4, 0.5) is 0 Å². The molecule has 0 aliphatic heterocycles. The summed E-state index contributed by atoms with van der Waals surface area (Å²) in [6, 6.07) is 8.18. The molecule has 1 aromatic carbocycles. The van der Waals surface area contributed by atoms with Gasteiger partial charge in [-0.1, -0.05) is 28.1 Å². The minimum atomic E-state index is 0.659. The SMILES string of the molecule is O=CCCCc1cccc(Br)c1. The van der Waals surface area contributed by atoms with Crippen LogP contribution < -0.4 is 0 Å². The minimum absolute atomic E-state index is 0.659. The van der Waals surface area contributed by atoms with Gasteiger partial charge in [-0.2, -0.15) is 0 Å². The van der Waals surface area contributed by atoms with Crippen molar-refractivity contribution in [2.24, 2.45) is 0 Å².